The van der Waals surface area contributed by atoms with Crippen molar-refractivity contribution < 1.29 is 18.0 Å². The first kappa shape index (κ1) is 22.1. The Bertz CT molecular complexity index is 898. The lowest BCUT2D eigenvalue weighted by Crippen LogP contribution is -2.12. The molecule has 0 aliphatic heterocycles. The highest BCUT2D eigenvalue weighted by Crippen LogP contribution is 2.35. The number of halogens is 3. The van der Waals surface area contributed by atoms with Crippen LogP contribution in [0, 0.1) is 0 Å². The topological polar surface area (TPSA) is 29.1 Å². The minimum atomic E-state index is -4.32. The van der Waals surface area contributed by atoms with Crippen LogP contribution in [0.2, 0.25) is 0 Å². The van der Waals surface area contributed by atoms with E-state index in [1.807, 2.05) is 24.3 Å². The standard InChI is InChI=1S/C25H28F3NO/c1-2-3-4-5-9-24(30)29-22-14-15-23-19(7-6-8-20(23)17-22)16-18-10-12-21(13-11-18)25(26,27)28/h10-17H,2-9H2,1H3,(H,29,30)/b19-16+. The number of rotatable bonds is 7. The number of aryl methyl sites for hydroxylation is 1. The van der Waals surface area contributed by atoms with Gasteiger partial charge in [-0.05, 0) is 72.2 Å². The molecule has 0 aromatic heterocycles. The molecule has 2 nitrogen and oxygen atoms in total. The molecular weight excluding hydrogens is 387 g/mol. The zero-order chi connectivity index (χ0) is 21.6. The fourth-order valence-electron chi connectivity index (χ4n) is 3.85. The van der Waals surface area contributed by atoms with Crippen LogP contribution in [0.1, 0.15) is 74.1 Å². The average molecular weight is 415 g/mol. The molecule has 3 rings (SSSR count). The predicted octanol–water partition coefficient (Wildman–Crippen LogP) is 7.49. The highest BCUT2D eigenvalue weighted by Gasteiger charge is 2.29. The van der Waals surface area contributed by atoms with Crippen molar-refractivity contribution in [1.29, 1.82) is 0 Å². The summed E-state index contributed by atoms with van der Waals surface area (Å²) in [6.45, 7) is 2.15. The quantitative estimate of drug-likeness (QED) is 0.466. The van der Waals surface area contributed by atoms with Crippen molar-refractivity contribution in [3.05, 3.63) is 64.7 Å². The van der Waals surface area contributed by atoms with Gasteiger partial charge in [0.15, 0.2) is 0 Å². The molecule has 0 radical (unpaired) electrons. The maximum atomic E-state index is 12.8. The van der Waals surface area contributed by atoms with E-state index in [4.69, 9.17) is 0 Å². The number of carbonyl (C=O) groups excluding carboxylic acids is 1. The van der Waals surface area contributed by atoms with E-state index < -0.39 is 11.7 Å². The highest BCUT2D eigenvalue weighted by molar-refractivity contribution is 5.91. The van der Waals surface area contributed by atoms with Gasteiger partial charge in [-0.15, -0.1) is 0 Å². The van der Waals surface area contributed by atoms with Gasteiger partial charge in [0.05, 0.1) is 5.56 Å². The Morgan fingerprint density at radius 1 is 1.03 bits per heavy atom. The van der Waals surface area contributed by atoms with Crippen LogP contribution in [-0.4, -0.2) is 5.91 Å². The lowest BCUT2D eigenvalue weighted by molar-refractivity contribution is -0.137. The van der Waals surface area contributed by atoms with E-state index in [0.29, 0.717) is 6.42 Å². The second-order valence-corrected chi connectivity index (χ2v) is 7.87. The van der Waals surface area contributed by atoms with Gasteiger partial charge in [-0.3, -0.25) is 4.79 Å². The number of anilines is 1. The third kappa shape index (κ3) is 5.97. The maximum absolute atomic E-state index is 12.8. The fourth-order valence-corrected chi connectivity index (χ4v) is 3.85. The van der Waals surface area contributed by atoms with Crippen molar-refractivity contribution in [2.75, 3.05) is 5.32 Å². The molecule has 0 fully saturated rings. The van der Waals surface area contributed by atoms with Crippen molar-refractivity contribution in [3.63, 3.8) is 0 Å². The normalized spacial score (nSPS) is 15.1. The summed E-state index contributed by atoms with van der Waals surface area (Å²) < 4.78 is 38.3. The van der Waals surface area contributed by atoms with E-state index >= 15 is 0 Å². The van der Waals surface area contributed by atoms with Gasteiger partial charge < -0.3 is 5.32 Å². The van der Waals surface area contributed by atoms with Crippen molar-refractivity contribution in [3.8, 4) is 0 Å². The summed E-state index contributed by atoms with van der Waals surface area (Å²) >= 11 is 0. The summed E-state index contributed by atoms with van der Waals surface area (Å²) in [5, 5.41) is 2.99. The predicted molar refractivity (Wildman–Crippen MR) is 116 cm³/mol. The molecular formula is C25H28F3NO. The summed E-state index contributed by atoms with van der Waals surface area (Å²) in [7, 11) is 0. The molecule has 0 unspecified atom stereocenters. The zero-order valence-electron chi connectivity index (χ0n) is 17.3. The number of unbranched alkanes of at least 4 members (excludes halogenated alkanes) is 3. The molecule has 1 aliphatic carbocycles. The van der Waals surface area contributed by atoms with Crippen LogP contribution < -0.4 is 5.32 Å². The molecule has 30 heavy (non-hydrogen) atoms. The van der Waals surface area contributed by atoms with E-state index in [1.54, 1.807) is 0 Å². The summed E-state index contributed by atoms with van der Waals surface area (Å²) in [4.78, 5) is 12.1. The number of hydrogen-bond donors (Lipinski definition) is 1. The Labute approximate surface area is 176 Å². The highest BCUT2D eigenvalue weighted by atomic mass is 19.4. The monoisotopic (exact) mass is 415 g/mol. The summed E-state index contributed by atoms with van der Waals surface area (Å²) in [6, 6.07) is 11.2. The maximum Gasteiger partial charge on any atom is 0.416 e. The lowest BCUT2D eigenvalue weighted by atomic mass is 9.86. The van der Waals surface area contributed by atoms with Gasteiger partial charge >= 0.3 is 6.18 Å². The molecule has 2 aromatic carbocycles. The molecule has 1 N–H and O–H groups in total. The number of fused-ring (bicyclic) bond motifs is 1. The first-order chi connectivity index (χ1) is 14.4. The Hall–Kier alpha value is -2.56. The van der Waals surface area contributed by atoms with Gasteiger partial charge in [-0.2, -0.15) is 13.2 Å². The SMILES string of the molecule is CCCCCCC(=O)Nc1ccc2c(c1)CCC/C2=C\c1ccc(C(F)(F)F)cc1. The molecule has 1 aliphatic rings. The molecule has 5 heteroatoms. The summed E-state index contributed by atoms with van der Waals surface area (Å²) in [5.74, 6) is 0.0439. The van der Waals surface area contributed by atoms with Gasteiger partial charge in [0.25, 0.3) is 0 Å². The molecule has 160 valence electrons. The molecule has 0 bridgehead atoms. The van der Waals surface area contributed by atoms with Crippen molar-refractivity contribution >= 4 is 23.2 Å². The first-order valence-corrected chi connectivity index (χ1v) is 10.7. The average Bonchev–Trinajstić information content (AvgIpc) is 2.71. The van der Waals surface area contributed by atoms with Gasteiger partial charge in [-0.1, -0.05) is 50.5 Å². The van der Waals surface area contributed by atoms with E-state index in [2.05, 4.69) is 12.2 Å². The van der Waals surface area contributed by atoms with Gasteiger partial charge in [0, 0.05) is 12.1 Å². The summed E-state index contributed by atoms with van der Waals surface area (Å²) in [6.07, 6.45) is 5.26. The Kier molecular flexibility index (Phi) is 7.35. The molecule has 0 atom stereocenters. The molecule has 0 saturated carbocycles. The number of allylic oxidation sites excluding steroid dienone is 1. The summed E-state index contributed by atoms with van der Waals surface area (Å²) in [5.41, 5.74) is 4.34. The zero-order valence-corrected chi connectivity index (χ0v) is 17.3. The largest absolute Gasteiger partial charge is 0.416 e. The van der Waals surface area contributed by atoms with Crippen LogP contribution in [0.15, 0.2) is 42.5 Å². The van der Waals surface area contributed by atoms with E-state index in [0.717, 1.165) is 79.5 Å². The third-order valence-electron chi connectivity index (χ3n) is 5.46. The number of benzene rings is 2. The smallest absolute Gasteiger partial charge is 0.326 e. The fraction of sp³-hybridized carbons (Fsp3) is 0.400. The number of carbonyl (C=O) groups is 1. The minimum Gasteiger partial charge on any atom is -0.326 e. The van der Waals surface area contributed by atoms with E-state index in [-0.39, 0.29) is 5.91 Å². The number of amides is 1. The molecule has 0 spiro atoms. The van der Waals surface area contributed by atoms with Gasteiger partial charge in [-0.25, -0.2) is 0 Å². The molecule has 1 amide bonds. The number of hydrogen-bond acceptors (Lipinski definition) is 1. The lowest BCUT2D eigenvalue weighted by Gasteiger charge is -2.20. The molecule has 0 saturated heterocycles. The van der Waals surface area contributed by atoms with Gasteiger partial charge in [0.2, 0.25) is 5.91 Å². The Morgan fingerprint density at radius 2 is 1.80 bits per heavy atom. The first-order valence-electron chi connectivity index (χ1n) is 10.7. The Balaban J connectivity index is 1.70. The number of nitrogens with one attached hydrogen (secondary N) is 1. The van der Waals surface area contributed by atoms with Gasteiger partial charge in [0.1, 0.15) is 0 Å². The second-order valence-electron chi connectivity index (χ2n) is 7.87. The second kappa shape index (κ2) is 9.96. The minimum absolute atomic E-state index is 0.0439. The Morgan fingerprint density at radius 3 is 2.50 bits per heavy atom. The number of alkyl halides is 3. The van der Waals surface area contributed by atoms with Crippen LogP contribution in [0.5, 0.6) is 0 Å². The van der Waals surface area contributed by atoms with Crippen LogP contribution in [0.3, 0.4) is 0 Å². The van der Waals surface area contributed by atoms with E-state index in [1.165, 1.54) is 17.7 Å². The van der Waals surface area contributed by atoms with Crippen LogP contribution >= 0.6 is 0 Å². The molecule has 2 aromatic rings. The van der Waals surface area contributed by atoms with Crippen LogP contribution in [0.4, 0.5) is 18.9 Å². The molecule has 0 heterocycles. The van der Waals surface area contributed by atoms with Crippen molar-refractivity contribution in [2.24, 2.45) is 0 Å². The third-order valence-corrected chi connectivity index (χ3v) is 5.46. The van der Waals surface area contributed by atoms with Crippen LogP contribution in [0.25, 0.3) is 11.6 Å². The van der Waals surface area contributed by atoms with Crippen molar-refractivity contribution in [2.45, 2.75) is 64.5 Å². The van der Waals surface area contributed by atoms with E-state index in [9.17, 15) is 18.0 Å². The van der Waals surface area contributed by atoms with Crippen molar-refractivity contribution in [1.82, 2.24) is 0 Å². The van der Waals surface area contributed by atoms with Crippen LogP contribution in [-0.2, 0) is 17.4 Å².